The smallest absolute Gasteiger partial charge is 0.143 e. The maximum Gasteiger partial charge on any atom is 0.143 e. The van der Waals surface area contributed by atoms with Crippen LogP contribution in [0.25, 0.3) is 83.8 Å². The SMILES string of the molecule is C=CC/C=C\c1c(C)oc2c(-c3cccc(-c4cc(-c5cccc(-c6cccc7c6oc6ccccc67)c5)ncn4)c3)cccc12. The van der Waals surface area contributed by atoms with E-state index in [1.807, 2.05) is 31.2 Å². The van der Waals surface area contributed by atoms with Crippen molar-refractivity contribution in [1.82, 2.24) is 9.97 Å². The van der Waals surface area contributed by atoms with E-state index < -0.39 is 0 Å². The molecule has 8 aromatic rings. The van der Waals surface area contributed by atoms with Crippen LogP contribution in [-0.2, 0) is 0 Å². The Morgan fingerprint density at radius 3 is 1.89 bits per heavy atom. The molecule has 3 aromatic heterocycles. The Morgan fingerprint density at radius 2 is 1.20 bits per heavy atom. The number of nitrogens with zero attached hydrogens (tertiary/aromatic N) is 2. The zero-order valence-corrected chi connectivity index (χ0v) is 25.4. The van der Waals surface area contributed by atoms with Crippen LogP contribution in [0.5, 0.6) is 0 Å². The molecule has 220 valence electrons. The third-order valence-electron chi connectivity index (χ3n) is 8.54. The molecule has 0 saturated carbocycles. The number of benzene rings is 5. The Bertz CT molecular complexity index is 2440. The molecule has 3 heterocycles. The number of hydrogen-bond acceptors (Lipinski definition) is 4. The van der Waals surface area contributed by atoms with Gasteiger partial charge in [-0.2, -0.15) is 0 Å². The highest BCUT2D eigenvalue weighted by molar-refractivity contribution is 6.09. The molecule has 5 aromatic carbocycles. The lowest BCUT2D eigenvalue weighted by Crippen LogP contribution is -1.91. The van der Waals surface area contributed by atoms with E-state index in [2.05, 4.69) is 126 Å². The van der Waals surface area contributed by atoms with E-state index in [4.69, 9.17) is 8.83 Å². The maximum absolute atomic E-state index is 6.33. The molecule has 0 fully saturated rings. The lowest BCUT2D eigenvalue weighted by molar-refractivity contribution is 0.578. The number of hydrogen-bond donors (Lipinski definition) is 0. The standard InChI is InChI=1S/C42H30N2O2/c1-3-4-5-16-32-27(2)45-41-33(18-10-20-36(32)41)28-12-8-14-30(23-28)38-25-39(44-26-43-38)31-15-9-13-29(24-31)34-19-11-21-37-35-17-6-7-22-40(35)46-42(34)37/h3,5-26H,1,4H2,2H3/b16-5-. The fraction of sp³-hybridized carbons (Fsp3) is 0.0476. The molecule has 0 bridgehead atoms. The summed E-state index contributed by atoms with van der Waals surface area (Å²) in [5.74, 6) is 0.901. The first-order valence-electron chi connectivity index (χ1n) is 15.4. The summed E-state index contributed by atoms with van der Waals surface area (Å²) in [7, 11) is 0. The Kier molecular flexibility index (Phi) is 6.88. The van der Waals surface area contributed by atoms with Crippen molar-refractivity contribution in [3.05, 3.63) is 152 Å². The highest BCUT2D eigenvalue weighted by Gasteiger charge is 2.15. The normalized spacial score (nSPS) is 11.7. The molecule has 0 aliphatic rings. The topological polar surface area (TPSA) is 52.1 Å². The molecule has 0 N–H and O–H groups in total. The van der Waals surface area contributed by atoms with Crippen LogP contribution >= 0.6 is 0 Å². The van der Waals surface area contributed by atoms with Crippen molar-refractivity contribution < 1.29 is 8.83 Å². The molecule has 8 rings (SSSR count). The van der Waals surface area contributed by atoms with Gasteiger partial charge in [-0.05, 0) is 48.7 Å². The van der Waals surface area contributed by atoms with Crippen LogP contribution in [-0.4, -0.2) is 9.97 Å². The van der Waals surface area contributed by atoms with E-state index in [0.29, 0.717) is 0 Å². The number of aryl methyl sites for hydroxylation is 1. The molecule has 0 radical (unpaired) electrons. The van der Waals surface area contributed by atoms with E-state index >= 15 is 0 Å². The van der Waals surface area contributed by atoms with E-state index in [-0.39, 0.29) is 0 Å². The second kappa shape index (κ2) is 11.5. The van der Waals surface area contributed by atoms with Gasteiger partial charge in [-0.1, -0.05) is 109 Å². The maximum atomic E-state index is 6.33. The van der Waals surface area contributed by atoms with E-state index in [1.54, 1.807) is 6.33 Å². The minimum absolute atomic E-state index is 0.816. The highest BCUT2D eigenvalue weighted by atomic mass is 16.3. The first-order valence-corrected chi connectivity index (χ1v) is 15.4. The van der Waals surface area contributed by atoms with Crippen molar-refractivity contribution in [2.24, 2.45) is 0 Å². The van der Waals surface area contributed by atoms with Crippen molar-refractivity contribution >= 4 is 39.0 Å². The first kappa shape index (κ1) is 27.5. The second-order valence-electron chi connectivity index (χ2n) is 11.4. The second-order valence-corrected chi connectivity index (χ2v) is 11.4. The predicted octanol–water partition coefficient (Wildman–Crippen LogP) is 11.7. The molecule has 0 amide bonds. The number of fused-ring (bicyclic) bond motifs is 4. The van der Waals surface area contributed by atoms with Crippen LogP contribution in [0.4, 0.5) is 0 Å². The summed E-state index contributed by atoms with van der Waals surface area (Å²) in [5, 5.41) is 3.34. The molecular formula is C42H30N2O2. The quantitative estimate of drug-likeness (QED) is 0.172. The van der Waals surface area contributed by atoms with Crippen LogP contribution in [0.1, 0.15) is 17.7 Å². The summed E-state index contributed by atoms with van der Waals surface area (Å²) in [6.07, 6.45) is 8.58. The molecular weight excluding hydrogens is 564 g/mol. The van der Waals surface area contributed by atoms with Gasteiger partial charge in [0.2, 0.25) is 0 Å². The number of allylic oxidation sites excluding steroid dienone is 2. The van der Waals surface area contributed by atoms with Gasteiger partial charge in [-0.15, -0.1) is 6.58 Å². The van der Waals surface area contributed by atoms with Crippen LogP contribution in [0.2, 0.25) is 0 Å². The molecule has 46 heavy (non-hydrogen) atoms. The van der Waals surface area contributed by atoms with Gasteiger partial charge in [-0.3, -0.25) is 0 Å². The molecule has 4 heteroatoms. The fourth-order valence-electron chi connectivity index (χ4n) is 6.31. The Balaban J connectivity index is 1.16. The van der Waals surface area contributed by atoms with Crippen LogP contribution < -0.4 is 0 Å². The van der Waals surface area contributed by atoms with Gasteiger partial charge in [-0.25, -0.2) is 9.97 Å². The summed E-state index contributed by atoms with van der Waals surface area (Å²) in [4.78, 5) is 9.34. The molecule has 0 spiro atoms. The lowest BCUT2D eigenvalue weighted by atomic mass is 9.97. The van der Waals surface area contributed by atoms with Gasteiger partial charge in [0, 0.05) is 44.0 Å². The molecule has 0 aliphatic heterocycles. The van der Waals surface area contributed by atoms with Crippen molar-refractivity contribution in [1.29, 1.82) is 0 Å². The third kappa shape index (κ3) is 4.81. The Hall–Kier alpha value is -6.00. The average Bonchev–Trinajstić information content (AvgIpc) is 3.65. The van der Waals surface area contributed by atoms with Crippen LogP contribution in [0, 0.1) is 6.92 Å². The van der Waals surface area contributed by atoms with Gasteiger partial charge in [0.25, 0.3) is 0 Å². The molecule has 0 unspecified atom stereocenters. The predicted molar refractivity (Wildman–Crippen MR) is 189 cm³/mol. The number of furan rings is 2. The van der Waals surface area contributed by atoms with Gasteiger partial charge < -0.3 is 8.83 Å². The Labute approximate surface area is 267 Å². The number of rotatable bonds is 7. The van der Waals surface area contributed by atoms with Crippen LogP contribution in [0.3, 0.4) is 0 Å². The summed E-state index contributed by atoms with van der Waals surface area (Å²) in [6, 6.07) is 39.8. The monoisotopic (exact) mass is 594 g/mol. The first-order chi connectivity index (χ1) is 22.7. The zero-order valence-electron chi connectivity index (χ0n) is 25.4. The summed E-state index contributed by atoms with van der Waals surface area (Å²) < 4.78 is 12.6. The van der Waals surface area contributed by atoms with Gasteiger partial charge in [0.1, 0.15) is 28.8 Å². The average molecular weight is 595 g/mol. The molecule has 0 saturated heterocycles. The van der Waals surface area contributed by atoms with Gasteiger partial charge in [0.05, 0.1) is 11.4 Å². The molecule has 0 atom stereocenters. The van der Waals surface area contributed by atoms with E-state index in [9.17, 15) is 0 Å². The zero-order chi connectivity index (χ0) is 31.0. The largest absolute Gasteiger partial charge is 0.460 e. The van der Waals surface area contributed by atoms with Gasteiger partial charge >= 0.3 is 0 Å². The van der Waals surface area contributed by atoms with Crippen molar-refractivity contribution in [2.75, 3.05) is 0 Å². The summed E-state index contributed by atoms with van der Waals surface area (Å²) in [5.41, 5.74) is 11.8. The van der Waals surface area contributed by atoms with Crippen molar-refractivity contribution in [3.8, 4) is 44.8 Å². The fourth-order valence-corrected chi connectivity index (χ4v) is 6.31. The number of para-hydroxylation sites is 3. The lowest BCUT2D eigenvalue weighted by Gasteiger charge is -2.09. The van der Waals surface area contributed by atoms with Crippen molar-refractivity contribution in [3.63, 3.8) is 0 Å². The summed E-state index contributed by atoms with van der Waals surface area (Å²) >= 11 is 0. The van der Waals surface area contributed by atoms with E-state index in [0.717, 1.165) is 95.4 Å². The highest BCUT2D eigenvalue weighted by Crippen LogP contribution is 2.38. The molecule has 0 aliphatic carbocycles. The minimum atomic E-state index is 0.816. The third-order valence-corrected chi connectivity index (χ3v) is 8.54. The Morgan fingerprint density at radius 1 is 0.609 bits per heavy atom. The van der Waals surface area contributed by atoms with Crippen molar-refractivity contribution in [2.45, 2.75) is 13.3 Å². The minimum Gasteiger partial charge on any atom is -0.460 e. The summed E-state index contributed by atoms with van der Waals surface area (Å²) in [6.45, 7) is 5.84. The van der Waals surface area contributed by atoms with Gasteiger partial charge in [0.15, 0.2) is 0 Å². The van der Waals surface area contributed by atoms with Crippen LogP contribution in [0.15, 0.2) is 149 Å². The number of aromatic nitrogens is 2. The van der Waals surface area contributed by atoms with E-state index in [1.165, 1.54) is 0 Å². The molecule has 4 nitrogen and oxygen atoms in total.